The molecule has 0 aromatic carbocycles. The van der Waals surface area contributed by atoms with E-state index in [9.17, 15) is 8.42 Å². The summed E-state index contributed by atoms with van der Waals surface area (Å²) < 4.78 is 23.4. The fourth-order valence-corrected chi connectivity index (χ4v) is 4.27. The summed E-state index contributed by atoms with van der Waals surface area (Å²) in [5.74, 6) is 0.731. The highest BCUT2D eigenvalue weighted by Gasteiger charge is 2.27. The van der Waals surface area contributed by atoms with E-state index in [1.54, 1.807) is 12.4 Å². The van der Waals surface area contributed by atoms with E-state index in [0.29, 0.717) is 18.0 Å². The number of hydrogen-bond acceptors (Lipinski definition) is 5. The Balaban J connectivity index is 1.99. The molecule has 0 amide bonds. The average Bonchev–Trinajstić information content (AvgIpc) is 2.57. The number of nitrogens with two attached hydrogens (primary N) is 1. The first-order valence-corrected chi connectivity index (χ1v) is 7.92. The van der Waals surface area contributed by atoms with Gasteiger partial charge in [0, 0.05) is 12.7 Å². The number of hydrogen-bond donors (Lipinski definition) is 2. The molecule has 0 saturated carbocycles. The molecule has 1 unspecified atom stereocenters. The molecular weight excluding hydrogens is 306 g/mol. The van der Waals surface area contributed by atoms with Crippen LogP contribution in [0.3, 0.4) is 0 Å². The number of aromatic nitrogens is 1. The van der Waals surface area contributed by atoms with E-state index in [-0.39, 0.29) is 11.7 Å². The standard InChI is InChI=1S/C10H14BrN3O2S/c11-8-4-13-5-9(12)10(8)14-3-7-1-2-17(15,16)6-7/h4-5,7H,1-3,6,12H2,(H,13,14). The van der Waals surface area contributed by atoms with Gasteiger partial charge >= 0.3 is 0 Å². The number of sulfone groups is 1. The first-order chi connectivity index (χ1) is 7.98. The number of nitrogens with zero attached hydrogens (tertiary/aromatic N) is 1. The molecule has 1 aliphatic heterocycles. The Kier molecular flexibility index (Phi) is 3.58. The van der Waals surface area contributed by atoms with Crippen LogP contribution in [0.2, 0.25) is 0 Å². The topological polar surface area (TPSA) is 85.1 Å². The molecule has 0 bridgehead atoms. The van der Waals surface area contributed by atoms with E-state index in [1.165, 1.54) is 0 Å². The van der Waals surface area contributed by atoms with Gasteiger partial charge in [0.15, 0.2) is 9.84 Å². The van der Waals surface area contributed by atoms with Crippen LogP contribution in [0.4, 0.5) is 11.4 Å². The summed E-state index contributed by atoms with van der Waals surface area (Å²) in [7, 11) is -2.82. The lowest BCUT2D eigenvalue weighted by Gasteiger charge is -2.13. The predicted molar refractivity (Wildman–Crippen MR) is 71.6 cm³/mol. The van der Waals surface area contributed by atoms with Gasteiger partial charge in [-0.05, 0) is 28.3 Å². The van der Waals surface area contributed by atoms with Gasteiger partial charge in [0.2, 0.25) is 0 Å². The maximum atomic E-state index is 11.3. The maximum absolute atomic E-state index is 11.3. The van der Waals surface area contributed by atoms with E-state index in [0.717, 1.165) is 16.6 Å². The van der Waals surface area contributed by atoms with Gasteiger partial charge < -0.3 is 11.1 Å². The van der Waals surface area contributed by atoms with E-state index < -0.39 is 9.84 Å². The molecule has 1 aliphatic rings. The molecule has 2 rings (SSSR count). The van der Waals surface area contributed by atoms with Gasteiger partial charge in [-0.1, -0.05) is 0 Å². The van der Waals surface area contributed by atoms with Crippen LogP contribution in [0, 0.1) is 5.92 Å². The molecule has 1 atom stereocenters. The van der Waals surface area contributed by atoms with Crippen molar-refractivity contribution in [2.45, 2.75) is 6.42 Å². The van der Waals surface area contributed by atoms with Crippen LogP contribution >= 0.6 is 15.9 Å². The number of nitrogen functional groups attached to an aromatic ring is 1. The van der Waals surface area contributed by atoms with E-state index in [4.69, 9.17) is 5.73 Å². The Morgan fingerprint density at radius 1 is 1.53 bits per heavy atom. The lowest BCUT2D eigenvalue weighted by molar-refractivity contribution is 0.596. The smallest absolute Gasteiger partial charge is 0.150 e. The van der Waals surface area contributed by atoms with Gasteiger partial charge in [-0.15, -0.1) is 0 Å². The van der Waals surface area contributed by atoms with Crippen LogP contribution in [0.5, 0.6) is 0 Å². The van der Waals surface area contributed by atoms with E-state index in [2.05, 4.69) is 26.2 Å². The summed E-state index contributed by atoms with van der Waals surface area (Å²) in [6.45, 7) is 0.617. The van der Waals surface area contributed by atoms with E-state index in [1.807, 2.05) is 0 Å². The van der Waals surface area contributed by atoms with Crippen molar-refractivity contribution in [3.05, 3.63) is 16.9 Å². The Bertz CT molecular complexity index is 498. The summed E-state index contributed by atoms with van der Waals surface area (Å²) in [5, 5.41) is 3.18. The van der Waals surface area contributed by atoms with Crippen molar-refractivity contribution in [1.29, 1.82) is 0 Å². The van der Waals surface area contributed by atoms with Crippen molar-refractivity contribution in [1.82, 2.24) is 4.98 Å². The minimum Gasteiger partial charge on any atom is -0.396 e. The Labute approximate surface area is 109 Å². The summed E-state index contributed by atoms with van der Waals surface area (Å²) in [5.41, 5.74) is 7.12. The number of anilines is 2. The SMILES string of the molecule is Nc1cncc(Br)c1NCC1CCS(=O)(=O)C1. The second-order valence-corrected chi connectivity index (χ2v) is 7.32. The van der Waals surface area contributed by atoms with Gasteiger partial charge in [-0.3, -0.25) is 4.98 Å². The third-order valence-electron chi connectivity index (χ3n) is 2.82. The van der Waals surface area contributed by atoms with Crippen LogP contribution in [-0.4, -0.2) is 31.5 Å². The fraction of sp³-hybridized carbons (Fsp3) is 0.500. The molecule has 1 saturated heterocycles. The third kappa shape index (κ3) is 3.10. The molecular formula is C10H14BrN3O2S. The first-order valence-electron chi connectivity index (χ1n) is 5.31. The molecule has 5 nitrogen and oxygen atoms in total. The molecule has 17 heavy (non-hydrogen) atoms. The zero-order chi connectivity index (χ0) is 12.5. The number of halogens is 1. The number of nitrogens with one attached hydrogen (secondary N) is 1. The Morgan fingerprint density at radius 3 is 2.88 bits per heavy atom. The van der Waals surface area contributed by atoms with Crippen molar-refractivity contribution in [3.8, 4) is 0 Å². The Hall–Kier alpha value is -0.820. The quantitative estimate of drug-likeness (QED) is 0.876. The van der Waals surface area contributed by atoms with E-state index >= 15 is 0 Å². The van der Waals surface area contributed by atoms with Gasteiger partial charge in [-0.2, -0.15) is 0 Å². The second kappa shape index (κ2) is 4.81. The van der Waals surface area contributed by atoms with Gasteiger partial charge in [0.25, 0.3) is 0 Å². The highest BCUT2D eigenvalue weighted by Crippen LogP contribution is 2.28. The lowest BCUT2D eigenvalue weighted by Crippen LogP contribution is -2.16. The molecule has 0 aliphatic carbocycles. The van der Waals surface area contributed by atoms with Crippen molar-refractivity contribution >= 4 is 37.1 Å². The van der Waals surface area contributed by atoms with Crippen molar-refractivity contribution in [2.24, 2.45) is 5.92 Å². The van der Waals surface area contributed by atoms with Crippen LogP contribution < -0.4 is 11.1 Å². The van der Waals surface area contributed by atoms with Crippen LogP contribution in [0.25, 0.3) is 0 Å². The van der Waals surface area contributed by atoms with Gasteiger partial charge in [-0.25, -0.2) is 8.42 Å². The molecule has 0 spiro atoms. The van der Waals surface area contributed by atoms with Crippen LogP contribution in [-0.2, 0) is 9.84 Å². The average molecular weight is 320 g/mol. The normalized spacial score (nSPS) is 22.5. The highest BCUT2D eigenvalue weighted by molar-refractivity contribution is 9.10. The summed E-state index contributed by atoms with van der Waals surface area (Å²) in [6, 6.07) is 0. The number of pyridine rings is 1. The largest absolute Gasteiger partial charge is 0.396 e. The number of rotatable bonds is 3. The lowest BCUT2D eigenvalue weighted by atomic mass is 10.1. The molecule has 94 valence electrons. The summed E-state index contributed by atoms with van der Waals surface area (Å²) in [4.78, 5) is 3.94. The molecule has 3 N–H and O–H groups in total. The minimum absolute atomic E-state index is 0.166. The van der Waals surface area contributed by atoms with Crippen molar-refractivity contribution < 1.29 is 8.42 Å². The zero-order valence-electron chi connectivity index (χ0n) is 9.19. The molecule has 1 aromatic heterocycles. The molecule has 1 aromatic rings. The third-order valence-corrected chi connectivity index (χ3v) is 5.26. The molecule has 2 heterocycles. The zero-order valence-corrected chi connectivity index (χ0v) is 11.6. The predicted octanol–water partition coefficient (Wildman–Crippen LogP) is 1.27. The van der Waals surface area contributed by atoms with Crippen molar-refractivity contribution in [2.75, 3.05) is 29.1 Å². The molecule has 7 heteroatoms. The second-order valence-electron chi connectivity index (χ2n) is 4.24. The Morgan fingerprint density at radius 2 is 2.29 bits per heavy atom. The maximum Gasteiger partial charge on any atom is 0.150 e. The fourth-order valence-electron chi connectivity index (χ4n) is 1.92. The highest BCUT2D eigenvalue weighted by atomic mass is 79.9. The van der Waals surface area contributed by atoms with Crippen molar-refractivity contribution in [3.63, 3.8) is 0 Å². The van der Waals surface area contributed by atoms with Gasteiger partial charge in [0.05, 0.1) is 33.6 Å². The summed E-state index contributed by atoms with van der Waals surface area (Å²) in [6.07, 6.45) is 3.94. The molecule has 0 radical (unpaired) electrons. The monoisotopic (exact) mass is 319 g/mol. The van der Waals surface area contributed by atoms with Gasteiger partial charge in [0.1, 0.15) is 0 Å². The van der Waals surface area contributed by atoms with Crippen LogP contribution in [0.1, 0.15) is 6.42 Å². The summed E-state index contributed by atoms with van der Waals surface area (Å²) >= 11 is 3.36. The molecule has 1 fully saturated rings. The minimum atomic E-state index is -2.82. The first kappa shape index (κ1) is 12.6. The van der Waals surface area contributed by atoms with Crippen LogP contribution in [0.15, 0.2) is 16.9 Å².